The first-order valence-electron chi connectivity index (χ1n) is 9.24. The third-order valence-electron chi connectivity index (χ3n) is 4.44. The minimum atomic E-state index is -0.552. The van der Waals surface area contributed by atoms with E-state index in [1.165, 1.54) is 0 Å². The van der Waals surface area contributed by atoms with Crippen LogP contribution in [0.25, 0.3) is 0 Å². The van der Waals surface area contributed by atoms with Crippen LogP contribution in [0.1, 0.15) is 22.8 Å². The summed E-state index contributed by atoms with van der Waals surface area (Å²) in [5, 5.41) is 14.2. The zero-order valence-electron chi connectivity index (χ0n) is 16.1. The van der Waals surface area contributed by atoms with Crippen molar-refractivity contribution in [1.29, 1.82) is 0 Å². The van der Waals surface area contributed by atoms with Gasteiger partial charge in [0.25, 0.3) is 0 Å². The summed E-state index contributed by atoms with van der Waals surface area (Å²) in [6.07, 6.45) is -0.552. The highest BCUT2D eigenvalue weighted by atomic mass is 79.9. The van der Waals surface area contributed by atoms with Crippen LogP contribution in [0, 0.1) is 0 Å². The number of benzene rings is 3. The molecule has 0 fully saturated rings. The number of aliphatic hydroxyl groups is 1. The summed E-state index contributed by atoms with van der Waals surface area (Å²) in [4.78, 5) is 0. The van der Waals surface area contributed by atoms with Crippen molar-refractivity contribution in [2.24, 2.45) is 0 Å². The highest BCUT2D eigenvalue weighted by Crippen LogP contribution is 2.37. The fourth-order valence-electron chi connectivity index (χ4n) is 2.90. The Bertz CT molecular complexity index is 919. The molecule has 0 aliphatic heterocycles. The summed E-state index contributed by atoms with van der Waals surface area (Å²) in [6.45, 7) is 1.46. The zero-order chi connectivity index (χ0) is 20.6. The van der Waals surface area contributed by atoms with E-state index >= 15 is 0 Å². The molecular weight excluding hydrogens is 454 g/mol. The molecule has 0 saturated carbocycles. The molecule has 1 atom stereocenters. The summed E-state index contributed by atoms with van der Waals surface area (Å²) < 4.78 is 12.3. The van der Waals surface area contributed by atoms with E-state index in [2.05, 4.69) is 21.2 Å². The smallest absolute Gasteiger partial charge is 0.175 e. The maximum atomic E-state index is 10.3. The molecule has 1 unspecified atom stereocenters. The third-order valence-corrected chi connectivity index (χ3v) is 5.28. The number of ether oxygens (including phenoxy) is 2. The number of methoxy groups -OCH3 is 1. The van der Waals surface area contributed by atoms with Gasteiger partial charge >= 0.3 is 0 Å². The van der Waals surface area contributed by atoms with E-state index in [0.29, 0.717) is 36.2 Å². The average molecular weight is 477 g/mol. The molecule has 3 aromatic carbocycles. The Morgan fingerprint density at radius 3 is 2.45 bits per heavy atom. The Morgan fingerprint density at radius 2 is 1.76 bits per heavy atom. The van der Waals surface area contributed by atoms with Gasteiger partial charge in [0.2, 0.25) is 0 Å². The number of halogens is 2. The molecule has 0 bridgehead atoms. The van der Waals surface area contributed by atoms with E-state index in [1.807, 2.05) is 66.7 Å². The quantitative estimate of drug-likeness (QED) is 0.427. The Morgan fingerprint density at radius 1 is 1.03 bits per heavy atom. The molecule has 152 valence electrons. The molecule has 3 rings (SSSR count). The highest BCUT2D eigenvalue weighted by molar-refractivity contribution is 9.10. The van der Waals surface area contributed by atoms with Gasteiger partial charge in [-0.25, -0.2) is 0 Å². The second kappa shape index (κ2) is 10.6. The lowest BCUT2D eigenvalue weighted by Gasteiger charge is -2.16. The molecule has 0 heterocycles. The second-order valence-corrected chi connectivity index (χ2v) is 7.87. The topological polar surface area (TPSA) is 50.7 Å². The van der Waals surface area contributed by atoms with E-state index in [0.717, 1.165) is 21.2 Å². The molecule has 0 aromatic heterocycles. The Balaban J connectivity index is 1.60. The molecule has 2 N–H and O–H groups in total. The minimum absolute atomic E-state index is 0.410. The fourth-order valence-corrected chi connectivity index (χ4v) is 3.63. The first kappa shape index (κ1) is 21.7. The predicted molar refractivity (Wildman–Crippen MR) is 120 cm³/mol. The molecule has 0 aliphatic rings. The van der Waals surface area contributed by atoms with Crippen molar-refractivity contribution in [2.45, 2.75) is 19.3 Å². The van der Waals surface area contributed by atoms with Crippen LogP contribution >= 0.6 is 27.5 Å². The monoisotopic (exact) mass is 475 g/mol. The van der Waals surface area contributed by atoms with Crippen molar-refractivity contribution in [2.75, 3.05) is 13.7 Å². The van der Waals surface area contributed by atoms with Crippen molar-refractivity contribution in [1.82, 2.24) is 5.32 Å². The highest BCUT2D eigenvalue weighted by Gasteiger charge is 2.13. The van der Waals surface area contributed by atoms with Gasteiger partial charge in [-0.05, 0) is 56.9 Å². The standard InChI is InChI=1S/C23H23BrClNO3/c1-28-22-12-17(13-26-14-21(27)18-5-3-2-4-6-18)11-20(24)23(22)29-15-16-7-9-19(25)10-8-16/h2-12,21,26-27H,13-15H2,1H3. The summed E-state index contributed by atoms with van der Waals surface area (Å²) in [5.74, 6) is 1.30. The predicted octanol–water partition coefficient (Wildman–Crippen LogP) is 5.51. The lowest BCUT2D eigenvalue weighted by molar-refractivity contribution is 0.174. The van der Waals surface area contributed by atoms with Crippen molar-refractivity contribution in [3.05, 3.63) is 92.9 Å². The Labute approximate surface area is 184 Å². The first-order valence-corrected chi connectivity index (χ1v) is 10.4. The largest absolute Gasteiger partial charge is 0.493 e. The van der Waals surface area contributed by atoms with Gasteiger partial charge in [-0.3, -0.25) is 0 Å². The number of nitrogens with one attached hydrogen (secondary N) is 1. The van der Waals surface area contributed by atoms with Crippen LogP contribution in [0.5, 0.6) is 11.5 Å². The molecule has 6 heteroatoms. The number of rotatable bonds is 9. The zero-order valence-corrected chi connectivity index (χ0v) is 18.4. The van der Waals surface area contributed by atoms with Crippen LogP contribution in [0.4, 0.5) is 0 Å². The van der Waals surface area contributed by atoms with Crippen molar-refractivity contribution in [3.63, 3.8) is 0 Å². The molecule has 0 radical (unpaired) electrons. The molecule has 4 nitrogen and oxygen atoms in total. The van der Waals surface area contributed by atoms with E-state index in [1.54, 1.807) is 7.11 Å². The van der Waals surface area contributed by atoms with Gasteiger partial charge < -0.3 is 19.9 Å². The first-order chi connectivity index (χ1) is 14.1. The molecule has 3 aromatic rings. The van der Waals surface area contributed by atoms with Crippen LogP contribution in [-0.2, 0) is 13.2 Å². The molecule has 0 spiro atoms. The van der Waals surface area contributed by atoms with Gasteiger partial charge in [0, 0.05) is 18.1 Å². The molecule has 0 saturated heterocycles. The molecule has 0 amide bonds. The van der Waals surface area contributed by atoms with Gasteiger partial charge in [-0.15, -0.1) is 0 Å². The van der Waals surface area contributed by atoms with E-state index < -0.39 is 6.10 Å². The van der Waals surface area contributed by atoms with Crippen LogP contribution in [-0.4, -0.2) is 18.8 Å². The third kappa shape index (κ3) is 6.21. The number of hydrogen-bond acceptors (Lipinski definition) is 4. The van der Waals surface area contributed by atoms with Crippen molar-refractivity contribution < 1.29 is 14.6 Å². The summed E-state index contributed by atoms with van der Waals surface area (Å²) in [7, 11) is 1.62. The Hall–Kier alpha value is -2.05. The molecule has 0 aliphatic carbocycles. The van der Waals surface area contributed by atoms with E-state index in [4.69, 9.17) is 21.1 Å². The molecular formula is C23H23BrClNO3. The van der Waals surface area contributed by atoms with Crippen LogP contribution < -0.4 is 14.8 Å². The van der Waals surface area contributed by atoms with Gasteiger partial charge in [0.1, 0.15) is 6.61 Å². The van der Waals surface area contributed by atoms with Crippen LogP contribution in [0.2, 0.25) is 5.02 Å². The van der Waals surface area contributed by atoms with Gasteiger partial charge in [-0.1, -0.05) is 54.1 Å². The van der Waals surface area contributed by atoms with Crippen molar-refractivity contribution in [3.8, 4) is 11.5 Å². The maximum Gasteiger partial charge on any atom is 0.175 e. The summed E-state index contributed by atoms with van der Waals surface area (Å²) in [5.41, 5.74) is 2.93. The SMILES string of the molecule is COc1cc(CNCC(O)c2ccccc2)cc(Br)c1OCc1ccc(Cl)cc1. The summed E-state index contributed by atoms with van der Waals surface area (Å²) >= 11 is 9.50. The second-order valence-electron chi connectivity index (χ2n) is 6.58. The lowest BCUT2D eigenvalue weighted by Crippen LogP contribution is -2.21. The number of aliphatic hydroxyl groups excluding tert-OH is 1. The normalized spacial score (nSPS) is 11.9. The van der Waals surface area contributed by atoms with Gasteiger partial charge in [0.15, 0.2) is 11.5 Å². The summed E-state index contributed by atoms with van der Waals surface area (Å²) in [6, 6.07) is 21.1. The maximum absolute atomic E-state index is 10.3. The minimum Gasteiger partial charge on any atom is -0.493 e. The Kier molecular flexibility index (Phi) is 7.95. The van der Waals surface area contributed by atoms with E-state index in [9.17, 15) is 5.11 Å². The van der Waals surface area contributed by atoms with Gasteiger partial charge in [0.05, 0.1) is 17.7 Å². The van der Waals surface area contributed by atoms with Crippen molar-refractivity contribution >= 4 is 27.5 Å². The average Bonchev–Trinajstić information content (AvgIpc) is 2.74. The fraction of sp³-hybridized carbons (Fsp3) is 0.217. The van der Waals surface area contributed by atoms with E-state index in [-0.39, 0.29) is 0 Å². The van der Waals surface area contributed by atoms with Crippen LogP contribution in [0.3, 0.4) is 0 Å². The number of hydrogen-bond donors (Lipinski definition) is 2. The van der Waals surface area contributed by atoms with Gasteiger partial charge in [-0.2, -0.15) is 0 Å². The lowest BCUT2D eigenvalue weighted by atomic mass is 10.1. The molecule has 29 heavy (non-hydrogen) atoms. The van der Waals surface area contributed by atoms with Crippen LogP contribution in [0.15, 0.2) is 71.2 Å².